The minimum Gasteiger partial charge on any atom is -0.0622 e. The topological polar surface area (TPSA) is 0 Å². The van der Waals surface area contributed by atoms with E-state index >= 15 is 0 Å². The Bertz CT molecular complexity index is 2590. The average molecular weight is 677 g/mol. The third-order valence-electron chi connectivity index (χ3n) is 12.1. The normalized spacial score (nSPS) is 14.8. The van der Waals surface area contributed by atoms with Gasteiger partial charge < -0.3 is 0 Å². The van der Waals surface area contributed by atoms with Crippen molar-refractivity contribution in [3.8, 4) is 33.4 Å². The van der Waals surface area contributed by atoms with Crippen molar-refractivity contribution in [3.63, 3.8) is 0 Å². The van der Waals surface area contributed by atoms with Gasteiger partial charge in [-0.3, -0.25) is 0 Å². The number of rotatable bonds is 6. The first-order valence-corrected chi connectivity index (χ1v) is 18.8. The Hall–Kier alpha value is -6.24. The van der Waals surface area contributed by atoms with Crippen LogP contribution in [0.2, 0.25) is 0 Å². The summed E-state index contributed by atoms with van der Waals surface area (Å²) in [6.45, 7) is 4.83. The number of benzene rings is 8. The summed E-state index contributed by atoms with van der Waals surface area (Å²) in [7, 11) is 0. The molecule has 0 aliphatic heterocycles. The predicted octanol–water partition coefficient (Wildman–Crippen LogP) is 13.2. The van der Waals surface area contributed by atoms with Gasteiger partial charge in [-0.1, -0.05) is 214 Å². The van der Waals surface area contributed by atoms with Gasteiger partial charge in [0, 0.05) is 11.3 Å². The summed E-state index contributed by atoms with van der Waals surface area (Å²) in [5.74, 6) is -0.0208. The molecular formula is C53H40. The Balaban J connectivity index is 1.31. The Morgan fingerprint density at radius 1 is 0.377 bits per heavy atom. The van der Waals surface area contributed by atoms with Crippen molar-refractivity contribution in [2.45, 2.75) is 30.6 Å². The van der Waals surface area contributed by atoms with Crippen molar-refractivity contribution >= 4 is 0 Å². The lowest BCUT2D eigenvalue weighted by atomic mass is 9.67. The van der Waals surface area contributed by atoms with E-state index in [0.29, 0.717) is 0 Å². The maximum absolute atomic E-state index is 2.44. The molecule has 0 fully saturated rings. The molecule has 8 aromatic rings. The van der Waals surface area contributed by atoms with Gasteiger partial charge in [-0.25, -0.2) is 0 Å². The van der Waals surface area contributed by atoms with E-state index in [2.05, 4.69) is 214 Å². The summed E-state index contributed by atoms with van der Waals surface area (Å²) in [5.41, 5.74) is 19.3. The molecule has 53 heavy (non-hydrogen) atoms. The van der Waals surface area contributed by atoms with Crippen LogP contribution in [0, 0.1) is 0 Å². The summed E-state index contributed by atoms with van der Waals surface area (Å²) >= 11 is 0. The molecule has 0 heteroatoms. The minimum absolute atomic E-state index is 0.0208. The van der Waals surface area contributed by atoms with Gasteiger partial charge >= 0.3 is 0 Å². The fourth-order valence-corrected chi connectivity index (χ4v) is 9.95. The van der Waals surface area contributed by atoms with Crippen molar-refractivity contribution in [2.75, 3.05) is 0 Å². The number of fused-ring (bicyclic) bond motifs is 6. The number of hydrogen-bond acceptors (Lipinski definition) is 0. The molecule has 1 unspecified atom stereocenters. The highest BCUT2D eigenvalue weighted by atomic mass is 14.5. The van der Waals surface area contributed by atoms with E-state index in [4.69, 9.17) is 0 Å². The molecule has 0 radical (unpaired) electrons. The van der Waals surface area contributed by atoms with Crippen LogP contribution in [0.1, 0.15) is 69.8 Å². The Kier molecular flexibility index (Phi) is 7.24. The van der Waals surface area contributed by atoms with E-state index in [1.54, 1.807) is 0 Å². The second-order valence-corrected chi connectivity index (χ2v) is 15.2. The summed E-state index contributed by atoms with van der Waals surface area (Å²) in [5, 5.41) is 0. The van der Waals surface area contributed by atoms with Gasteiger partial charge in [0.05, 0.1) is 5.41 Å². The maximum Gasteiger partial charge on any atom is 0.0713 e. The van der Waals surface area contributed by atoms with E-state index in [9.17, 15) is 0 Å². The van der Waals surface area contributed by atoms with Crippen molar-refractivity contribution in [1.29, 1.82) is 0 Å². The fraction of sp³-hybridized carbons (Fsp3) is 0.0943. The summed E-state index contributed by atoms with van der Waals surface area (Å²) in [6, 6.07) is 74.7. The van der Waals surface area contributed by atoms with Crippen molar-refractivity contribution in [3.05, 3.63) is 250 Å². The Labute approximate surface area is 313 Å². The zero-order valence-corrected chi connectivity index (χ0v) is 30.1. The molecule has 0 amide bonds. The van der Waals surface area contributed by atoms with Gasteiger partial charge in [-0.05, 0) is 83.5 Å². The highest BCUT2D eigenvalue weighted by Gasteiger charge is 2.48. The standard InChI is InChI=1S/C53H40/c1-52(2)46-32-14-12-27-41(46)42-29-17-31-45(51(42)52)49(38-22-16-21-37(35-38)36-19-6-3-7-20-36)44-30-18-34-48-50(44)43-28-13-15-33-47(43)53(48,39-23-8-4-9-24-39)40-25-10-5-11-26-40/h3-35,49H,1-2H3. The molecule has 10 rings (SSSR count). The van der Waals surface area contributed by atoms with E-state index in [1.807, 2.05) is 0 Å². The predicted molar refractivity (Wildman–Crippen MR) is 221 cm³/mol. The van der Waals surface area contributed by atoms with Gasteiger partial charge in [0.25, 0.3) is 0 Å². The van der Waals surface area contributed by atoms with Crippen LogP contribution in [0.15, 0.2) is 200 Å². The fourth-order valence-electron chi connectivity index (χ4n) is 9.95. The summed E-state index contributed by atoms with van der Waals surface area (Å²) < 4.78 is 0. The average Bonchev–Trinajstić information content (AvgIpc) is 3.66. The molecule has 252 valence electrons. The van der Waals surface area contributed by atoms with Crippen molar-refractivity contribution < 1.29 is 0 Å². The van der Waals surface area contributed by atoms with Crippen molar-refractivity contribution in [2.24, 2.45) is 0 Å². The third-order valence-corrected chi connectivity index (χ3v) is 12.1. The lowest BCUT2D eigenvalue weighted by molar-refractivity contribution is 0.648. The highest BCUT2D eigenvalue weighted by molar-refractivity contribution is 5.90. The van der Waals surface area contributed by atoms with Crippen LogP contribution >= 0.6 is 0 Å². The van der Waals surface area contributed by atoms with Crippen LogP contribution in [0.3, 0.4) is 0 Å². The second-order valence-electron chi connectivity index (χ2n) is 15.2. The second kappa shape index (κ2) is 12.2. The molecule has 0 N–H and O–H groups in total. The molecule has 0 saturated heterocycles. The van der Waals surface area contributed by atoms with Gasteiger partial charge in [-0.15, -0.1) is 0 Å². The molecule has 0 spiro atoms. The molecule has 1 atom stereocenters. The molecule has 2 aliphatic carbocycles. The summed E-state index contributed by atoms with van der Waals surface area (Å²) in [6.07, 6.45) is 0. The van der Waals surface area contributed by atoms with Crippen LogP contribution in [-0.2, 0) is 10.8 Å². The molecule has 2 aliphatic rings. The quantitative estimate of drug-likeness (QED) is 0.154. The molecule has 0 aromatic heterocycles. The van der Waals surface area contributed by atoms with E-state index in [1.165, 1.54) is 83.5 Å². The van der Waals surface area contributed by atoms with Crippen LogP contribution in [-0.4, -0.2) is 0 Å². The molecule has 0 heterocycles. The van der Waals surface area contributed by atoms with Crippen LogP contribution < -0.4 is 0 Å². The maximum atomic E-state index is 2.44. The van der Waals surface area contributed by atoms with Gasteiger partial charge in [0.2, 0.25) is 0 Å². The first-order valence-electron chi connectivity index (χ1n) is 18.8. The Morgan fingerprint density at radius 3 is 1.60 bits per heavy atom. The van der Waals surface area contributed by atoms with E-state index in [-0.39, 0.29) is 11.3 Å². The monoisotopic (exact) mass is 676 g/mol. The first kappa shape index (κ1) is 31.5. The smallest absolute Gasteiger partial charge is 0.0622 e. The van der Waals surface area contributed by atoms with E-state index < -0.39 is 5.41 Å². The zero-order valence-electron chi connectivity index (χ0n) is 30.1. The largest absolute Gasteiger partial charge is 0.0713 e. The van der Waals surface area contributed by atoms with Gasteiger partial charge in [0.1, 0.15) is 0 Å². The molecule has 8 aromatic carbocycles. The SMILES string of the molecule is CC1(C)c2ccccc2-c2cccc(C(c3cccc(-c4ccccc4)c3)c3cccc4c3-c3ccccc3C4(c3ccccc3)c3ccccc3)c21. The lowest BCUT2D eigenvalue weighted by Crippen LogP contribution is -2.28. The third kappa shape index (κ3) is 4.62. The Morgan fingerprint density at radius 2 is 0.887 bits per heavy atom. The molecule has 0 saturated carbocycles. The number of hydrogen-bond donors (Lipinski definition) is 0. The first-order chi connectivity index (χ1) is 26.1. The lowest BCUT2D eigenvalue weighted by Gasteiger charge is -2.34. The van der Waals surface area contributed by atoms with E-state index in [0.717, 1.165) is 0 Å². The minimum atomic E-state index is -0.463. The van der Waals surface area contributed by atoms with Crippen molar-refractivity contribution in [1.82, 2.24) is 0 Å². The molecular weight excluding hydrogens is 637 g/mol. The highest BCUT2D eigenvalue weighted by Crippen LogP contribution is 2.60. The molecule has 0 bridgehead atoms. The van der Waals surface area contributed by atoms with Crippen LogP contribution in [0.4, 0.5) is 0 Å². The summed E-state index contributed by atoms with van der Waals surface area (Å²) in [4.78, 5) is 0. The van der Waals surface area contributed by atoms with Gasteiger partial charge in [0.15, 0.2) is 0 Å². The zero-order chi connectivity index (χ0) is 35.6. The van der Waals surface area contributed by atoms with Gasteiger partial charge in [-0.2, -0.15) is 0 Å². The van der Waals surface area contributed by atoms with Crippen LogP contribution in [0.25, 0.3) is 33.4 Å². The molecule has 0 nitrogen and oxygen atoms in total. The van der Waals surface area contributed by atoms with Crippen LogP contribution in [0.5, 0.6) is 0 Å².